The van der Waals surface area contributed by atoms with Gasteiger partial charge in [0.25, 0.3) is 5.91 Å². The summed E-state index contributed by atoms with van der Waals surface area (Å²) in [6.45, 7) is 0.565. The summed E-state index contributed by atoms with van der Waals surface area (Å²) >= 11 is 0. The second kappa shape index (κ2) is 17.9. The molecular formula is C23H31F4N4O10PS. The van der Waals surface area contributed by atoms with E-state index in [1.54, 1.807) is 0 Å². The predicted molar refractivity (Wildman–Crippen MR) is 143 cm³/mol. The fraction of sp³-hybridized carbons (Fsp3) is 0.391. The number of ether oxygens (including phenoxy) is 1. The van der Waals surface area contributed by atoms with Crippen molar-refractivity contribution >= 4 is 29.3 Å². The second-order valence-corrected chi connectivity index (χ2v) is 11.4. The van der Waals surface area contributed by atoms with Crippen LogP contribution >= 0.6 is 7.82 Å². The summed E-state index contributed by atoms with van der Waals surface area (Å²) in [5, 5.41) is 26.4. The Morgan fingerprint density at radius 1 is 1.07 bits per heavy atom. The number of hydrogen-bond donors (Lipinski definition) is 7. The lowest BCUT2D eigenvalue weighted by molar-refractivity contribution is -0.147. The van der Waals surface area contributed by atoms with E-state index in [1.165, 1.54) is 6.07 Å². The number of hydrogen-bond acceptors (Lipinski definition) is 11. The first-order valence-electron chi connectivity index (χ1n) is 11.7. The Bertz CT molecular complexity index is 1360. The third kappa shape index (κ3) is 14.8. The lowest BCUT2D eigenvalue weighted by Crippen LogP contribution is -2.48. The SMILES string of the molecule is C[C@](CS(=O)(=O)c1ccc(F)cc1)(OCOP(=O)(O)O)C(=O)Nc1ccc(C#N)c(C(F)(F)F)c1.NCCO.NCCO. The maximum atomic E-state index is 13.2. The van der Waals surface area contributed by atoms with E-state index in [0.717, 1.165) is 43.3 Å². The molecule has 0 aliphatic carbocycles. The van der Waals surface area contributed by atoms with Crippen LogP contribution in [0.2, 0.25) is 0 Å². The zero-order valence-corrected chi connectivity index (χ0v) is 24.2. The number of benzene rings is 2. The highest BCUT2D eigenvalue weighted by molar-refractivity contribution is 7.91. The molecule has 2 aromatic rings. The highest BCUT2D eigenvalue weighted by Gasteiger charge is 2.41. The monoisotopic (exact) mass is 662 g/mol. The molecule has 0 saturated heterocycles. The number of amides is 1. The van der Waals surface area contributed by atoms with Crippen molar-refractivity contribution in [2.24, 2.45) is 11.5 Å². The molecule has 0 aliphatic heterocycles. The molecule has 0 radical (unpaired) electrons. The molecule has 242 valence electrons. The molecule has 0 aromatic heterocycles. The number of anilines is 1. The molecule has 0 saturated carbocycles. The first-order valence-corrected chi connectivity index (χ1v) is 14.9. The van der Waals surface area contributed by atoms with E-state index < -0.39 is 75.4 Å². The van der Waals surface area contributed by atoms with Crippen molar-refractivity contribution in [1.29, 1.82) is 5.26 Å². The number of sulfone groups is 1. The van der Waals surface area contributed by atoms with Gasteiger partial charge in [-0.1, -0.05) is 0 Å². The van der Waals surface area contributed by atoms with E-state index in [1.807, 2.05) is 5.32 Å². The minimum Gasteiger partial charge on any atom is -0.395 e. The molecule has 0 heterocycles. The Hall–Kier alpha value is -3.02. The van der Waals surface area contributed by atoms with Gasteiger partial charge in [0.15, 0.2) is 22.2 Å². The fourth-order valence-corrected chi connectivity index (χ4v) is 4.55. The molecule has 1 amide bonds. The largest absolute Gasteiger partial charge is 0.471 e. The highest BCUT2D eigenvalue weighted by atomic mass is 32.2. The van der Waals surface area contributed by atoms with E-state index in [0.29, 0.717) is 19.2 Å². The first-order chi connectivity index (χ1) is 19.8. The third-order valence-corrected chi connectivity index (χ3v) is 7.04. The molecule has 9 N–H and O–H groups in total. The topological polar surface area (TPSA) is 256 Å². The molecule has 0 aliphatic rings. The van der Waals surface area contributed by atoms with Gasteiger partial charge in [-0.15, -0.1) is 0 Å². The Balaban J connectivity index is 0.00000195. The highest BCUT2D eigenvalue weighted by Crippen LogP contribution is 2.37. The van der Waals surface area contributed by atoms with Crippen LogP contribution < -0.4 is 16.8 Å². The number of carbonyl (C=O) groups is 1. The zero-order chi connectivity index (χ0) is 33.5. The van der Waals surface area contributed by atoms with E-state index >= 15 is 0 Å². The molecule has 2 aromatic carbocycles. The number of nitrogens with one attached hydrogen (secondary N) is 1. The molecule has 0 unspecified atom stereocenters. The number of rotatable bonds is 11. The number of nitrogens with zero attached hydrogens (tertiary/aromatic N) is 1. The van der Waals surface area contributed by atoms with E-state index in [4.69, 9.17) is 41.5 Å². The smallest absolute Gasteiger partial charge is 0.395 e. The number of phosphoric acid groups is 1. The van der Waals surface area contributed by atoms with Crippen molar-refractivity contribution in [3.05, 3.63) is 59.4 Å². The second-order valence-electron chi connectivity index (χ2n) is 8.17. The maximum Gasteiger partial charge on any atom is 0.471 e. The van der Waals surface area contributed by atoms with Crippen LogP contribution in [0.15, 0.2) is 47.4 Å². The van der Waals surface area contributed by atoms with Crippen LogP contribution in [0.5, 0.6) is 0 Å². The summed E-state index contributed by atoms with van der Waals surface area (Å²) in [6, 6.07) is 6.98. The molecule has 1 atom stereocenters. The number of carbonyl (C=O) groups excluding carboxylic acids is 1. The summed E-state index contributed by atoms with van der Waals surface area (Å²) in [7, 11) is -9.51. The quantitative estimate of drug-likeness (QED) is 0.0763. The number of alkyl halides is 3. The number of phosphoric ester groups is 1. The van der Waals surface area contributed by atoms with Crippen LogP contribution in [0.25, 0.3) is 0 Å². The van der Waals surface area contributed by atoms with Crippen LogP contribution in [-0.4, -0.2) is 78.8 Å². The molecule has 0 fully saturated rings. The van der Waals surface area contributed by atoms with Gasteiger partial charge < -0.3 is 41.5 Å². The molecule has 20 heteroatoms. The Kier molecular flexibility index (Phi) is 16.7. The van der Waals surface area contributed by atoms with Crippen LogP contribution in [0.4, 0.5) is 23.2 Å². The predicted octanol–water partition coefficient (Wildman–Crippen LogP) is 0.845. The number of nitrogens with two attached hydrogens (primary N) is 2. The lowest BCUT2D eigenvalue weighted by atomic mass is 10.1. The summed E-state index contributed by atoms with van der Waals surface area (Å²) < 4.78 is 98.4. The van der Waals surface area contributed by atoms with Gasteiger partial charge in [-0.25, -0.2) is 17.4 Å². The summed E-state index contributed by atoms with van der Waals surface area (Å²) in [6.07, 6.45) is -4.95. The summed E-state index contributed by atoms with van der Waals surface area (Å²) in [4.78, 5) is 30.1. The maximum absolute atomic E-state index is 13.2. The molecular weight excluding hydrogens is 631 g/mol. The fourth-order valence-electron chi connectivity index (χ4n) is 2.70. The van der Waals surface area contributed by atoms with Crippen LogP contribution in [-0.2, 0) is 34.6 Å². The molecule has 2 rings (SSSR count). The van der Waals surface area contributed by atoms with Crippen LogP contribution in [0.3, 0.4) is 0 Å². The van der Waals surface area contributed by atoms with Crippen LogP contribution in [0.1, 0.15) is 18.1 Å². The van der Waals surface area contributed by atoms with Gasteiger partial charge in [0.2, 0.25) is 0 Å². The lowest BCUT2D eigenvalue weighted by Gasteiger charge is -2.28. The molecule has 0 bridgehead atoms. The minimum atomic E-state index is -5.10. The Morgan fingerprint density at radius 3 is 2.00 bits per heavy atom. The minimum absolute atomic E-state index is 0.0972. The summed E-state index contributed by atoms with van der Waals surface area (Å²) in [5.41, 5.74) is 4.51. The van der Waals surface area contributed by atoms with Gasteiger partial charge in [0, 0.05) is 18.8 Å². The number of aliphatic hydroxyl groups is 2. The van der Waals surface area contributed by atoms with E-state index in [2.05, 4.69) is 4.52 Å². The van der Waals surface area contributed by atoms with Crippen molar-refractivity contribution in [1.82, 2.24) is 0 Å². The van der Waals surface area contributed by atoms with Gasteiger partial charge in [-0.05, 0) is 49.4 Å². The van der Waals surface area contributed by atoms with Crippen LogP contribution in [0, 0.1) is 17.1 Å². The number of aliphatic hydroxyl groups excluding tert-OH is 2. The zero-order valence-electron chi connectivity index (χ0n) is 22.5. The molecule has 43 heavy (non-hydrogen) atoms. The van der Waals surface area contributed by atoms with E-state index in [-0.39, 0.29) is 13.2 Å². The molecule has 0 spiro atoms. The Morgan fingerprint density at radius 2 is 1.58 bits per heavy atom. The van der Waals surface area contributed by atoms with Crippen molar-refractivity contribution in [2.45, 2.75) is 23.6 Å². The van der Waals surface area contributed by atoms with Gasteiger partial charge in [0.1, 0.15) is 5.82 Å². The van der Waals surface area contributed by atoms with Gasteiger partial charge in [0.05, 0.1) is 41.1 Å². The van der Waals surface area contributed by atoms with Gasteiger partial charge >= 0.3 is 14.0 Å². The first kappa shape index (κ1) is 40.0. The average molecular weight is 663 g/mol. The average Bonchev–Trinajstić information content (AvgIpc) is 2.92. The van der Waals surface area contributed by atoms with Crippen molar-refractivity contribution in [3.8, 4) is 6.07 Å². The van der Waals surface area contributed by atoms with E-state index in [9.17, 15) is 35.3 Å². The van der Waals surface area contributed by atoms with Crippen molar-refractivity contribution in [2.75, 3.05) is 44.2 Å². The Labute approximate surface area is 244 Å². The van der Waals surface area contributed by atoms with Crippen molar-refractivity contribution in [3.63, 3.8) is 0 Å². The van der Waals surface area contributed by atoms with Gasteiger partial charge in [-0.2, -0.15) is 18.4 Å². The number of nitriles is 1. The third-order valence-electron chi connectivity index (χ3n) is 4.68. The van der Waals surface area contributed by atoms with Gasteiger partial charge in [-0.3, -0.25) is 9.32 Å². The molecule has 14 nitrogen and oxygen atoms in total. The summed E-state index contributed by atoms with van der Waals surface area (Å²) in [5.74, 6) is -3.25. The number of halogens is 4. The van der Waals surface area contributed by atoms with Crippen molar-refractivity contribution < 1.29 is 64.6 Å². The normalized spacial score (nSPS) is 12.9. The standard InChI is InChI=1S/C19H17F4N2O8PS.2C2H7NO/c1-18(32-11-33-34(27,28)29,10-35(30,31)15-6-3-13(20)4-7-15)17(26)25-14-5-2-12(9-24)16(8-14)19(21,22)23;2*3-1-2-4/h2-8H,10-11H2,1H3,(H,25,26)(H2,27,28,29);2*4H,1-3H2/t18-;;/m1../s1.